The van der Waals surface area contributed by atoms with Crippen molar-refractivity contribution in [1.29, 1.82) is 0 Å². The Balaban J connectivity index is 2.37. The molecule has 1 aliphatic rings. The zero-order valence-electron chi connectivity index (χ0n) is 5.90. The predicted molar refractivity (Wildman–Crippen MR) is 35.1 cm³/mol. The van der Waals surface area contributed by atoms with Gasteiger partial charge < -0.3 is 4.74 Å². The molecule has 0 aromatic rings. The van der Waals surface area contributed by atoms with Gasteiger partial charge in [0.25, 0.3) is 10.1 Å². The summed E-state index contributed by atoms with van der Waals surface area (Å²) in [6, 6.07) is 0. The highest BCUT2D eigenvalue weighted by atomic mass is 32.2. The second-order valence-electron chi connectivity index (χ2n) is 2.38. The SMILES string of the molecule is CC(OS(C)(=O)=O)[C@H]1CO1. The van der Waals surface area contributed by atoms with Crippen molar-refractivity contribution in [3.05, 3.63) is 0 Å². The molecule has 0 N–H and O–H groups in total. The Hall–Kier alpha value is -0.130. The lowest BCUT2D eigenvalue weighted by Gasteiger charge is -2.05. The number of rotatable bonds is 3. The van der Waals surface area contributed by atoms with E-state index in [4.69, 9.17) is 4.74 Å². The molecule has 2 atom stereocenters. The fraction of sp³-hybridized carbons (Fsp3) is 1.00. The number of epoxide rings is 1. The maximum atomic E-state index is 10.5. The molecule has 1 heterocycles. The van der Waals surface area contributed by atoms with Gasteiger partial charge in [-0.1, -0.05) is 0 Å². The Bertz CT molecular complexity index is 204. The molecule has 5 heteroatoms. The molecule has 0 aromatic carbocycles. The maximum Gasteiger partial charge on any atom is 0.264 e. The van der Waals surface area contributed by atoms with Crippen molar-refractivity contribution < 1.29 is 17.3 Å². The molecule has 1 rings (SSSR count). The van der Waals surface area contributed by atoms with E-state index in [9.17, 15) is 8.42 Å². The summed E-state index contributed by atoms with van der Waals surface area (Å²) in [6.45, 7) is 2.29. The Labute approximate surface area is 60.3 Å². The van der Waals surface area contributed by atoms with E-state index in [-0.39, 0.29) is 12.2 Å². The molecule has 1 unspecified atom stereocenters. The lowest BCUT2D eigenvalue weighted by atomic mass is 10.3. The molecular weight excluding hydrogens is 156 g/mol. The summed E-state index contributed by atoms with van der Waals surface area (Å²) in [4.78, 5) is 0. The highest BCUT2D eigenvalue weighted by Gasteiger charge is 2.32. The summed E-state index contributed by atoms with van der Waals surface area (Å²) >= 11 is 0. The van der Waals surface area contributed by atoms with Gasteiger partial charge in [-0.25, -0.2) is 0 Å². The van der Waals surface area contributed by atoms with Crippen molar-refractivity contribution >= 4 is 10.1 Å². The van der Waals surface area contributed by atoms with Crippen LogP contribution in [0.4, 0.5) is 0 Å². The third-order valence-electron chi connectivity index (χ3n) is 1.21. The molecule has 0 spiro atoms. The summed E-state index contributed by atoms with van der Waals surface area (Å²) in [5.74, 6) is 0. The smallest absolute Gasteiger partial charge is 0.264 e. The molecule has 0 aromatic heterocycles. The second-order valence-corrected chi connectivity index (χ2v) is 3.98. The van der Waals surface area contributed by atoms with Gasteiger partial charge in [0.2, 0.25) is 0 Å². The van der Waals surface area contributed by atoms with Crippen LogP contribution >= 0.6 is 0 Å². The topological polar surface area (TPSA) is 55.9 Å². The molecule has 10 heavy (non-hydrogen) atoms. The summed E-state index contributed by atoms with van der Waals surface area (Å²) in [6.07, 6.45) is 0.677. The summed E-state index contributed by atoms with van der Waals surface area (Å²) in [7, 11) is -3.31. The van der Waals surface area contributed by atoms with Crippen LogP contribution in [0.5, 0.6) is 0 Å². The Morgan fingerprint density at radius 2 is 2.20 bits per heavy atom. The van der Waals surface area contributed by atoms with Crippen LogP contribution in [0.3, 0.4) is 0 Å². The third kappa shape index (κ3) is 2.64. The minimum absolute atomic E-state index is 0.0188. The average molecular weight is 166 g/mol. The van der Waals surface area contributed by atoms with E-state index in [1.807, 2.05) is 0 Å². The maximum absolute atomic E-state index is 10.5. The van der Waals surface area contributed by atoms with Gasteiger partial charge in [0.1, 0.15) is 12.2 Å². The van der Waals surface area contributed by atoms with Crippen LogP contribution in [-0.2, 0) is 19.0 Å². The van der Waals surface area contributed by atoms with E-state index < -0.39 is 10.1 Å². The number of ether oxygens (including phenoxy) is 1. The van der Waals surface area contributed by atoms with Crippen molar-refractivity contribution in [3.8, 4) is 0 Å². The molecule has 1 saturated heterocycles. The molecule has 0 saturated carbocycles. The number of hydrogen-bond acceptors (Lipinski definition) is 4. The lowest BCUT2D eigenvalue weighted by Crippen LogP contribution is -2.19. The van der Waals surface area contributed by atoms with Gasteiger partial charge in [0.05, 0.1) is 12.9 Å². The van der Waals surface area contributed by atoms with Gasteiger partial charge in [0.15, 0.2) is 0 Å². The second kappa shape index (κ2) is 2.48. The van der Waals surface area contributed by atoms with E-state index in [0.717, 1.165) is 6.26 Å². The first-order valence-corrected chi connectivity index (χ1v) is 4.80. The van der Waals surface area contributed by atoms with Crippen molar-refractivity contribution in [1.82, 2.24) is 0 Å². The van der Waals surface area contributed by atoms with E-state index in [1.165, 1.54) is 0 Å². The van der Waals surface area contributed by atoms with Crippen LogP contribution < -0.4 is 0 Å². The summed E-state index contributed by atoms with van der Waals surface area (Å²) in [5.41, 5.74) is 0. The Morgan fingerprint density at radius 1 is 1.70 bits per heavy atom. The Kier molecular flexibility index (Phi) is 1.98. The van der Waals surface area contributed by atoms with Crippen LogP contribution in [-0.4, -0.2) is 33.5 Å². The normalized spacial score (nSPS) is 28.0. The molecular formula is C5H10O4S. The van der Waals surface area contributed by atoms with E-state index in [0.29, 0.717) is 6.61 Å². The highest BCUT2D eigenvalue weighted by molar-refractivity contribution is 7.86. The van der Waals surface area contributed by atoms with Gasteiger partial charge in [-0.2, -0.15) is 8.42 Å². The van der Waals surface area contributed by atoms with Crippen LogP contribution in [0.2, 0.25) is 0 Å². The fourth-order valence-corrected chi connectivity index (χ4v) is 1.34. The van der Waals surface area contributed by atoms with E-state index >= 15 is 0 Å². The van der Waals surface area contributed by atoms with Crippen LogP contribution in [0.1, 0.15) is 6.92 Å². The van der Waals surface area contributed by atoms with E-state index in [2.05, 4.69) is 4.18 Å². The van der Waals surface area contributed by atoms with Gasteiger partial charge in [-0.05, 0) is 6.92 Å². The largest absolute Gasteiger partial charge is 0.370 e. The monoisotopic (exact) mass is 166 g/mol. The van der Waals surface area contributed by atoms with Crippen LogP contribution in [0, 0.1) is 0 Å². The predicted octanol–water partition coefficient (Wildman–Crippen LogP) is -0.250. The average Bonchev–Trinajstić information content (AvgIpc) is 2.35. The zero-order chi connectivity index (χ0) is 7.78. The third-order valence-corrected chi connectivity index (χ3v) is 1.86. The number of hydrogen-bond donors (Lipinski definition) is 0. The van der Waals surface area contributed by atoms with Gasteiger partial charge in [-0.15, -0.1) is 0 Å². The molecule has 1 aliphatic heterocycles. The molecule has 0 amide bonds. The molecule has 0 aliphatic carbocycles. The zero-order valence-corrected chi connectivity index (χ0v) is 6.72. The van der Waals surface area contributed by atoms with Crippen molar-refractivity contribution in [2.45, 2.75) is 19.1 Å². The van der Waals surface area contributed by atoms with Crippen molar-refractivity contribution in [3.63, 3.8) is 0 Å². The van der Waals surface area contributed by atoms with Crippen LogP contribution in [0.25, 0.3) is 0 Å². The van der Waals surface area contributed by atoms with E-state index in [1.54, 1.807) is 6.92 Å². The highest BCUT2D eigenvalue weighted by Crippen LogP contribution is 2.17. The van der Waals surface area contributed by atoms with Crippen LogP contribution in [0.15, 0.2) is 0 Å². The van der Waals surface area contributed by atoms with Gasteiger partial charge >= 0.3 is 0 Å². The standard InChI is InChI=1S/C5H10O4S/c1-4(5-3-8-5)9-10(2,6)7/h4-5H,3H2,1-2H3/t4?,5-/m1/s1. The first-order chi connectivity index (χ1) is 4.49. The first-order valence-electron chi connectivity index (χ1n) is 2.99. The molecule has 4 nitrogen and oxygen atoms in total. The van der Waals surface area contributed by atoms with Crippen molar-refractivity contribution in [2.75, 3.05) is 12.9 Å². The quantitative estimate of drug-likeness (QED) is 0.428. The lowest BCUT2D eigenvalue weighted by molar-refractivity contribution is 0.184. The first kappa shape index (κ1) is 7.97. The molecule has 60 valence electrons. The van der Waals surface area contributed by atoms with Gasteiger partial charge in [0, 0.05) is 0 Å². The molecule has 0 bridgehead atoms. The minimum atomic E-state index is -3.31. The minimum Gasteiger partial charge on any atom is -0.370 e. The summed E-state index contributed by atoms with van der Waals surface area (Å²) < 4.78 is 30.4. The molecule has 1 fully saturated rings. The summed E-state index contributed by atoms with van der Waals surface area (Å²) in [5, 5.41) is 0. The Morgan fingerprint density at radius 3 is 2.50 bits per heavy atom. The van der Waals surface area contributed by atoms with Crippen molar-refractivity contribution in [2.24, 2.45) is 0 Å². The molecule has 0 radical (unpaired) electrons. The fourth-order valence-electron chi connectivity index (χ4n) is 0.664. The van der Waals surface area contributed by atoms with Gasteiger partial charge in [-0.3, -0.25) is 4.18 Å².